The number of hydrogen-bond donors (Lipinski definition) is 0. The van der Waals surface area contributed by atoms with E-state index in [1.807, 2.05) is 0 Å². The summed E-state index contributed by atoms with van der Waals surface area (Å²) in [5.41, 5.74) is 0. The van der Waals surface area contributed by atoms with Gasteiger partial charge >= 0.3 is 0 Å². The van der Waals surface area contributed by atoms with Gasteiger partial charge in [-0.15, -0.1) is 0 Å². The molecule has 0 aromatic rings. The predicted octanol–water partition coefficient (Wildman–Crippen LogP) is 10.5. The second kappa shape index (κ2) is 30.2. The van der Waals surface area contributed by atoms with Crippen LogP contribution in [0.25, 0.3) is 0 Å². The third-order valence-electron chi connectivity index (χ3n) is 7.56. The molecule has 0 saturated carbocycles. The summed E-state index contributed by atoms with van der Waals surface area (Å²) in [5.74, 6) is 1.41. The molecule has 0 aliphatic rings. The first kappa shape index (κ1) is 40.4. The molecule has 0 bridgehead atoms. The first-order chi connectivity index (χ1) is 18.2. The lowest BCUT2D eigenvalue weighted by molar-refractivity contribution is 0.275. The van der Waals surface area contributed by atoms with E-state index in [1.54, 1.807) is 0 Å². The van der Waals surface area contributed by atoms with Crippen molar-refractivity contribution in [2.75, 3.05) is 12.4 Å². The first-order valence-electron chi connectivity index (χ1n) is 16.5. The topological polar surface area (TPSA) is 66.4 Å². The number of unbranched alkanes of at least 4 members (excludes halogenated alkanes) is 18. The summed E-state index contributed by atoms with van der Waals surface area (Å²) in [7, 11) is -3.77. The zero-order valence-electron chi connectivity index (χ0n) is 26.6. The molecule has 38 heavy (non-hydrogen) atoms. The van der Waals surface area contributed by atoms with Gasteiger partial charge in [0.1, 0.15) is 16.3 Å². The van der Waals surface area contributed by atoms with E-state index >= 15 is 0 Å². The molecule has 0 aliphatic heterocycles. The molecule has 0 radical (unpaired) electrons. The van der Waals surface area contributed by atoms with Crippen LogP contribution < -0.4 is 0 Å². The van der Waals surface area contributed by atoms with Crippen molar-refractivity contribution in [2.45, 2.75) is 193 Å². The molecule has 0 saturated heterocycles. The van der Waals surface area contributed by atoms with Gasteiger partial charge in [0.2, 0.25) is 10.4 Å². The van der Waals surface area contributed by atoms with Gasteiger partial charge in [0, 0.05) is 0 Å². The largest absolute Gasteiger partial charge is 0.726 e. The SMILES string of the molecule is CCCCCCCCCCCCCCC(C)[S+](CC)C(C)CCCCCCCCCC.CCOS(=O)(=O)[O-]. The van der Waals surface area contributed by atoms with Gasteiger partial charge in [0.15, 0.2) is 0 Å². The Labute approximate surface area is 243 Å². The number of rotatable bonds is 27. The molecule has 0 aromatic carbocycles. The van der Waals surface area contributed by atoms with Crippen LogP contribution in [0, 0.1) is 0 Å². The maximum atomic E-state index is 9.45. The minimum Gasteiger partial charge on any atom is -0.726 e. The molecule has 3 atom stereocenters. The van der Waals surface area contributed by atoms with Crippen molar-refractivity contribution in [3.05, 3.63) is 0 Å². The molecular formula is C32H68O4S2. The molecule has 0 rings (SSSR count). The second-order valence-corrected chi connectivity index (χ2v) is 15.3. The fraction of sp³-hybridized carbons (Fsp3) is 1.00. The predicted molar refractivity (Wildman–Crippen MR) is 171 cm³/mol. The highest BCUT2D eigenvalue weighted by Crippen LogP contribution is 2.23. The monoisotopic (exact) mass is 580 g/mol. The van der Waals surface area contributed by atoms with Crippen molar-refractivity contribution in [2.24, 2.45) is 0 Å². The summed E-state index contributed by atoms with van der Waals surface area (Å²) in [6.07, 6.45) is 32.2. The third kappa shape index (κ3) is 30.8. The molecule has 0 fully saturated rings. The molecule has 6 heteroatoms. The van der Waals surface area contributed by atoms with Gasteiger partial charge in [-0.3, -0.25) is 4.18 Å². The Morgan fingerprint density at radius 1 is 0.553 bits per heavy atom. The van der Waals surface area contributed by atoms with Crippen molar-refractivity contribution in [1.82, 2.24) is 0 Å². The highest BCUT2D eigenvalue weighted by molar-refractivity contribution is 7.97. The van der Waals surface area contributed by atoms with E-state index in [4.69, 9.17) is 0 Å². The lowest BCUT2D eigenvalue weighted by Crippen LogP contribution is -2.30. The van der Waals surface area contributed by atoms with E-state index < -0.39 is 10.4 Å². The highest BCUT2D eigenvalue weighted by atomic mass is 32.3. The quantitative estimate of drug-likeness (QED) is 0.0419. The lowest BCUT2D eigenvalue weighted by atomic mass is 10.0. The summed E-state index contributed by atoms with van der Waals surface area (Å²) in [5, 5.41) is 1.91. The Kier molecular flexibility index (Phi) is 32.1. The minimum absolute atomic E-state index is 0.0914. The summed E-state index contributed by atoms with van der Waals surface area (Å²) in [6.45, 7) is 13.5. The molecule has 0 heterocycles. The highest BCUT2D eigenvalue weighted by Gasteiger charge is 2.30. The molecule has 0 aliphatic carbocycles. The van der Waals surface area contributed by atoms with Gasteiger partial charge in [-0.25, -0.2) is 8.42 Å². The Morgan fingerprint density at radius 2 is 0.842 bits per heavy atom. The molecule has 232 valence electrons. The van der Waals surface area contributed by atoms with E-state index in [-0.39, 0.29) is 6.61 Å². The summed E-state index contributed by atoms with van der Waals surface area (Å²) >= 11 is 0. The second-order valence-electron chi connectivity index (χ2n) is 11.1. The van der Waals surface area contributed by atoms with Crippen LogP contribution in [0.4, 0.5) is 0 Å². The Balaban J connectivity index is 0. The average molecular weight is 581 g/mol. The molecule has 0 aromatic heterocycles. The smallest absolute Gasteiger partial charge is 0.217 e. The van der Waals surface area contributed by atoms with Crippen LogP contribution in [0.1, 0.15) is 183 Å². The van der Waals surface area contributed by atoms with Crippen molar-refractivity contribution >= 4 is 21.3 Å². The van der Waals surface area contributed by atoms with Crippen LogP contribution in [-0.4, -0.2) is 35.8 Å². The van der Waals surface area contributed by atoms with Crippen LogP contribution >= 0.6 is 0 Å². The molecule has 3 unspecified atom stereocenters. The Hall–Kier alpha value is 0.220. The Morgan fingerprint density at radius 3 is 1.05 bits per heavy atom. The van der Waals surface area contributed by atoms with Gasteiger partial charge in [0.25, 0.3) is 0 Å². The van der Waals surface area contributed by atoms with E-state index in [0.29, 0.717) is 10.9 Å². The maximum absolute atomic E-state index is 9.45. The van der Waals surface area contributed by atoms with Gasteiger partial charge in [-0.2, -0.15) is 0 Å². The first-order valence-corrected chi connectivity index (χ1v) is 19.4. The van der Waals surface area contributed by atoms with Crippen LogP contribution in [0.5, 0.6) is 0 Å². The molecule has 0 N–H and O–H groups in total. The van der Waals surface area contributed by atoms with Crippen LogP contribution in [0.3, 0.4) is 0 Å². The standard InChI is InChI=1S/C30H63S.C2H6O4S/c1-6-9-11-13-15-17-18-19-20-22-24-26-28-30(5)31(8-3)29(4)27-25-23-21-16-14-12-10-7-2;1-2-6-7(3,4)5/h29-30H,6-28H2,1-5H3;2H2,1H3,(H,3,4,5)/q+1;/p-1. The van der Waals surface area contributed by atoms with Gasteiger partial charge in [0.05, 0.1) is 6.61 Å². The van der Waals surface area contributed by atoms with Gasteiger partial charge in [-0.05, 0) is 64.3 Å². The van der Waals surface area contributed by atoms with Crippen molar-refractivity contribution < 1.29 is 17.2 Å². The zero-order valence-corrected chi connectivity index (χ0v) is 28.2. The fourth-order valence-electron chi connectivity index (χ4n) is 5.25. The summed E-state index contributed by atoms with van der Waals surface area (Å²) in [4.78, 5) is 0. The summed E-state index contributed by atoms with van der Waals surface area (Å²) in [6, 6.07) is 0. The maximum Gasteiger partial charge on any atom is 0.217 e. The molecule has 4 nitrogen and oxygen atoms in total. The molecular weight excluding hydrogens is 512 g/mol. The van der Waals surface area contributed by atoms with Crippen LogP contribution in [0.2, 0.25) is 0 Å². The van der Waals surface area contributed by atoms with Crippen LogP contribution in [0.15, 0.2) is 0 Å². The fourth-order valence-corrected chi connectivity index (χ4v) is 8.41. The van der Waals surface area contributed by atoms with Crippen LogP contribution in [-0.2, 0) is 25.5 Å². The molecule has 0 amide bonds. The number of hydrogen-bond acceptors (Lipinski definition) is 4. The minimum atomic E-state index is -4.42. The van der Waals surface area contributed by atoms with Crippen molar-refractivity contribution in [3.8, 4) is 0 Å². The average Bonchev–Trinajstić information content (AvgIpc) is 2.86. The Bertz CT molecular complexity index is 554. The van der Waals surface area contributed by atoms with E-state index in [1.165, 1.54) is 154 Å². The van der Waals surface area contributed by atoms with Crippen molar-refractivity contribution in [3.63, 3.8) is 0 Å². The van der Waals surface area contributed by atoms with E-state index in [2.05, 4.69) is 38.8 Å². The normalized spacial score (nSPS) is 14.1. The van der Waals surface area contributed by atoms with Gasteiger partial charge in [-0.1, -0.05) is 129 Å². The van der Waals surface area contributed by atoms with E-state index in [9.17, 15) is 13.0 Å². The summed E-state index contributed by atoms with van der Waals surface area (Å²) < 4.78 is 32.0. The van der Waals surface area contributed by atoms with E-state index in [0.717, 1.165) is 10.5 Å². The zero-order chi connectivity index (χ0) is 28.9. The third-order valence-corrected chi connectivity index (χ3v) is 11.3. The lowest BCUT2D eigenvalue weighted by Gasteiger charge is -2.20. The van der Waals surface area contributed by atoms with Crippen molar-refractivity contribution in [1.29, 1.82) is 0 Å². The molecule has 0 spiro atoms. The van der Waals surface area contributed by atoms with Gasteiger partial charge < -0.3 is 4.55 Å².